The number of hydrogen-bond acceptors (Lipinski definition) is 2. The molecule has 1 atom stereocenters. The fourth-order valence-electron chi connectivity index (χ4n) is 2.54. The van der Waals surface area contributed by atoms with E-state index in [0.29, 0.717) is 6.54 Å². The summed E-state index contributed by atoms with van der Waals surface area (Å²) >= 11 is 0. The minimum atomic E-state index is -0.214. The number of nitrogens with two attached hydrogens (primary N) is 1. The van der Waals surface area contributed by atoms with Crippen molar-refractivity contribution in [2.45, 2.75) is 25.8 Å². The van der Waals surface area contributed by atoms with Gasteiger partial charge in [0.05, 0.1) is 6.04 Å². The smallest absolute Gasteiger partial charge is 0.123 e. The molecule has 2 aromatic rings. The number of rotatable bonds is 7. The van der Waals surface area contributed by atoms with Crippen LogP contribution in [0.4, 0.5) is 10.1 Å². The molecule has 0 aliphatic rings. The Morgan fingerprint density at radius 2 is 1.71 bits per heavy atom. The van der Waals surface area contributed by atoms with Crippen molar-refractivity contribution in [3.8, 4) is 0 Å². The largest absolute Gasteiger partial charge is 0.363 e. The summed E-state index contributed by atoms with van der Waals surface area (Å²) in [5.41, 5.74) is 8.23. The second kappa shape index (κ2) is 7.79. The number of anilines is 1. The van der Waals surface area contributed by atoms with Crippen molar-refractivity contribution in [2.24, 2.45) is 5.73 Å². The summed E-state index contributed by atoms with van der Waals surface area (Å²) in [5, 5.41) is 0. The van der Waals surface area contributed by atoms with Gasteiger partial charge in [-0.15, -0.1) is 0 Å². The second-order valence-electron chi connectivity index (χ2n) is 5.19. The molecular weight excluding hydrogens is 263 g/mol. The first-order valence-corrected chi connectivity index (χ1v) is 7.53. The maximum atomic E-state index is 13.1. The number of hydrogen-bond donors (Lipinski definition) is 1. The molecule has 0 aromatic heterocycles. The van der Waals surface area contributed by atoms with Gasteiger partial charge in [0.15, 0.2) is 0 Å². The highest BCUT2D eigenvalue weighted by Gasteiger charge is 2.19. The van der Waals surface area contributed by atoms with Crippen LogP contribution < -0.4 is 10.6 Å². The molecule has 1 unspecified atom stereocenters. The van der Waals surface area contributed by atoms with Crippen molar-refractivity contribution < 1.29 is 4.39 Å². The van der Waals surface area contributed by atoms with Gasteiger partial charge in [0.25, 0.3) is 0 Å². The Morgan fingerprint density at radius 3 is 2.29 bits per heavy atom. The second-order valence-corrected chi connectivity index (χ2v) is 5.19. The van der Waals surface area contributed by atoms with Crippen molar-refractivity contribution in [3.63, 3.8) is 0 Å². The quantitative estimate of drug-likeness (QED) is 0.829. The Balaban J connectivity index is 2.30. The summed E-state index contributed by atoms with van der Waals surface area (Å²) in [4.78, 5) is 2.32. The third-order valence-corrected chi connectivity index (χ3v) is 3.69. The Kier molecular flexibility index (Phi) is 5.76. The molecule has 2 N–H and O–H groups in total. The zero-order valence-corrected chi connectivity index (χ0v) is 12.5. The summed E-state index contributed by atoms with van der Waals surface area (Å²) in [6, 6.07) is 17.0. The summed E-state index contributed by atoms with van der Waals surface area (Å²) < 4.78 is 13.1. The molecule has 2 nitrogen and oxygen atoms in total. The van der Waals surface area contributed by atoms with Gasteiger partial charge in [0.2, 0.25) is 0 Å². The van der Waals surface area contributed by atoms with Crippen LogP contribution in [0, 0.1) is 5.82 Å². The first kappa shape index (κ1) is 15.5. The third-order valence-electron chi connectivity index (χ3n) is 3.69. The van der Waals surface area contributed by atoms with Crippen molar-refractivity contribution in [2.75, 3.05) is 18.0 Å². The van der Waals surface area contributed by atoms with Crippen LogP contribution >= 0.6 is 0 Å². The summed E-state index contributed by atoms with van der Waals surface area (Å²) in [6.45, 7) is 3.63. The summed E-state index contributed by atoms with van der Waals surface area (Å²) in [5.74, 6) is -0.214. The van der Waals surface area contributed by atoms with Gasteiger partial charge in [-0.1, -0.05) is 43.7 Å². The van der Waals surface area contributed by atoms with E-state index in [1.807, 2.05) is 30.3 Å². The molecule has 0 aliphatic carbocycles. The molecule has 0 aliphatic heterocycles. The highest BCUT2D eigenvalue weighted by Crippen LogP contribution is 2.27. The van der Waals surface area contributed by atoms with E-state index in [9.17, 15) is 4.39 Å². The molecule has 2 rings (SSSR count). The molecule has 0 heterocycles. The molecule has 0 saturated heterocycles. The highest BCUT2D eigenvalue weighted by atomic mass is 19.1. The average Bonchev–Trinajstić information content (AvgIpc) is 2.53. The van der Waals surface area contributed by atoms with E-state index >= 15 is 0 Å². The Morgan fingerprint density at radius 1 is 1.05 bits per heavy atom. The van der Waals surface area contributed by atoms with Crippen molar-refractivity contribution in [3.05, 3.63) is 66.0 Å². The minimum absolute atomic E-state index is 0.0690. The maximum absolute atomic E-state index is 13.1. The van der Waals surface area contributed by atoms with Gasteiger partial charge in [-0.05, 0) is 36.2 Å². The Labute approximate surface area is 126 Å². The topological polar surface area (TPSA) is 29.3 Å². The molecule has 0 amide bonds. The van der Waals surface area contributed by atoms with E-state index in [0.717, 1.165) is 30.6 Å². The molecule has 2 aromatic carbocycles. The van der Waals surface area contributed by atoms with E-state index < -0.39 is 0 Å². The maximum Gasteiger partial charge on any atom is 0.123 e. The van der Waals surface area contributed by atoms with Crippen LogP contribution in [0.25, 0.3) is 0 Å². The van der Waals surface area contributed by atoms with Gasteiger partial charge in [0, 0.05) is 18.8 Å². The van der Waals surface area contributed by atoms with Gasteiger partial charge in [-0.2, -0.15) is 0 Å². The molecular formula is C18H23FN2. The molecule has 0 fully saturated rings. The minimum Gasteiger partial charge on any atom is -0.363 e. The predicted molar refractivity (Wildman–Crippen MR) is 86.9 cm³/mol. The third kappa shape index (κ3) is 4.05. The van der Waals surface area contributed by atoms with Crippen molar-refractivity contribution >= 4 is 5.69 Å². The molecule has 21 heavy (non-hydrogen) atoms. The van der Waals surface area contributed by atoms with E-state index in [1.54, 1.807) is 0 Å². The van der Waals surface area contributed by atoms with Gasteiger partial charge < -0.3 is 10.6 Å². The molecule has 0 saturated carbocycles. The number of para-hydroxylation sites is 1. The van der Waals surface area contributed by atoms with E-state index in [-0.39, 0.29) is 11.9 Å². The van der Waals surface area contributed by atoms with Crippen molar-refractivity contribution in [1.29, 1.82) is 0 Å². The zero-order chi connectivity index (χ0) is 15.1. The lowest BCUT2D eigenvalue weighted by Crippen LogP contribution is -2.34. The van der Waals surface area contributed by atoms with E-state index in [1.165, 1.54) is 12.1 Å². The van der Waals surface area contributed by atoms with Crippen LogP contribution in [-0.2, 0) is 0 Å². The number of nitrogens with zero attached hydrogens (tertiary/aromatic N) is 1. The van der Waals surface area contributed by atoms with Crippen LogP contribution in [0.5, 0.6) is 0 Å². The Hall–Kier alpha value is -1.87. The molecule has 0 radical (unpaired) electrons. The predicted octanol–water partition coefficient (Wildman–Crippen LogP) is 4.13. The first-order chi connectivity index (χ1) is 10.3. The van der Waals surface area contributed by atoms with Gasteiger partial charge in [0.1, 0.15) is 5.82 Å². The fourth-order valence-corrected chi connectivity index (χ4v) is 2.54. The van der Waals surface area contributed by atoms with Crippen LogP contribution in [0.2, 0.25) is 0 Å². The Bertz CT molecular complexity index is 525. The molecule has 0 bridgehead atoms. The summed E-state index contributed by atoms with van der Waals surface area (Å²) in [7, 11) is 0. The first-order valence-electron chi connectivity index (χ1n) is 7.53. The van der Waals surface area contributed by atoms with Gasteiger partial charge >= 0.3 is 0 Å². The van der Waals surface area contributed by atoms with E-state index in [4.69, 9.17) is 5.73 Å². The monoisotopic (exact) mass is 286 g/mol. The standard InChI is InChI=1S/C18H23FN2/c1-2-3-13-21(17-7-5-4-6-8-17)18(14-20)15-9-11-16(19)12-10-15/h4-12,18H,2-3,13-14,20H2,1H3. The lowest BCUT2D eigenvalue weighted by Gasteiger charge is -2.33. The molecule has 112 valence electrons. The van der Waals surface area contributed by atoms with Crippen LogP contribution in [-0.4, -0.2) is 13.1 Å². The van der Waals surface area contributed by atoms with Crippen LogP contribution in [0.3, 0.4) is 0 Å². The van der Waals surface area contributed by atoms with Crippen molar-refractivity contribution in [1.82, 2.24) is 0 Å². The van der Waals surface area contributed by atoms with Gasteiger partial charge in [-0.3, -0.25) is 0 Å². The lowest BCUT2D eigenvalue weighted by molar-refractivity contribution is 0.598. The SMILES string of the molecule is CCCCN(c1ccccc1)C(CN)c1ccc(F)cc1. The van der Waals surface area contributed by atoms with Gasteiger partial charge in [-0.25, -0.2) is 4.39 Å². The summed E-state index contributed by atoms with van der Waals surface area (Å²) in [6.07, 6.45) is 2.23. The zero-order valence-electron chi connectivity index (χ0n) is 12.5. The number of benzene rings is 2. The number of unbranched alkanes of at least 4 members (excludes halogenated alkanes) is 1. The fraction of sp³-hybridized carbons (Fsp3) is 0.333. The van der Waals surface area contributed by atoms with Crippen LogP contribution in [0.1, 0.15) is 31.4 Å². The normalized spacial score (nSPS) is 12.1. The average molecular weight is 286 g/mol. The molecule has 3 heteroatoms. The lowest BCUT2D eigenvalue weighted by atomic mass is 10.0. The highest BCUT2D eigenvalue weighted by molar-refractivity contribution is 5.49. The number of halogens is 1. The van der Waals surface area contributed by atoms with Crippen LogP contribution in [0.15, 0.2) is 54.6 Å². The molecule has 0 spiro atoms. The van der Waals surface area contributed by atoms with E-state index in [2.05, 4.69) is 24.0 Å².